The van der Waals surface area contributed by atoms with Crippen LogP contribution in [0, 0.1) is 24.1 Å². The average molecular weight is 421 g/mol. The molecule has 156 valence electrons. The van der Waals surface area contributed by atoms with E-state index in [1.807, 2.05) is 6.07 Å². The van der Waals surface area contributed by atoms with Crippen LogP contribution in [0.1, 0.15) is 21.7 Å². The Morgan fingerprint density at radius 3 is 2.61 bits per heavy atom. The topological polar surface area (TPSA) is 114 Å². The van der Waals surface area contributed by atoms with Crippen LogP contribution in [0.15, 0.2) is 58.6 Å². The largest absolute Gasteiger partial charge is 0.493 e. The summed E-state index contributed by atoms with van der Waals surface area (Å²) in [5.74, 6) is -1.39. The Kier molecular flexibility index (Phi) is 6.42. The Morgan fingerprint density at radius 1 is 1.19 bits per heavy atom. The number of nitrogens with one attached hydrogen (secondary N) is 1. The van der Waals surface area contributed by atoms with Crippen molar-refractivity contribution < 1.29 is 28.0 Å². The van der Waals surface area contributed by atoms with Crippen molar-refractivity contribution in [3.05, 3.63) is 76.8 Å². The van der Waals surface area contributed by atoms with Crippen molar-refractivity contribution in [3.8, 4) is 17.6 Å². The summed E-state index contributed by atoms with van der Waals surface area (Å²) in [6.07, 6.45) is 1.33. The Balaban J connectivity index is 1.81. The summed E-state index contributed by atoms with van der Waals surface area (Å²) in [6, 6.07) is 13.1. The van der Waals surface area contributed by atoms with Gasteiger partial charge in [-0.05, 0) is 42.8 Å². The van der Waals surface area contributed by atoms with Gasteiger partial charge in [-0.15, -0.1) is 0 Å². The number of nitrogens with zero attached hydrogens (tertiary/aromatic N) is 2. The van der Waals surface area contributed by atoms with Gasteiger partial charge in [-0.2, -0.15) is 5.26 Å². The van der Waals surface area contributed by atoms with E-state index < -0.39 is 17.7 Å². The van der Waals surface area contributed by atoms with Gasteiger partial charge in [-0.25, -0.2) is 9.18 Å². The quantitative estimate of drug-likeness (QED) is 0.278. The van der Waals surface area contributed by atoms with Crippen LogP contribution in [0.2, 0.25) is 0 Å². The highest BCUT2D eigenvalue weighted by Gasteiger charge is 2.17. The molecule has 0 saturated heterocycles. The number of aromatic nitrogens is 1. The minimum Gasteiger partial charge on any atom is -0.493 e. The fourth-order valence-corrected chi connectivity index (χ4v) is 2.56. The van der Waals surface area contributed by atoms with Crippen molar-refractivity contribution in [3.63, 3.8) is 0 Å². The average Bonchev–Trinajstić information content (AvgIpc) is 3.17. The maximum atomic E-state index is 13.8. The molecule has 0 fully saturated rings. The molecule has 0 aliphatic heterocycles. The number of methoxy groups -OCH3 is 1. The van der Waals surface area contributed by atoms with Crippen LogP contribution in [0.4, 0.5) is 10.2 Å². The van der Waals surface area contributed by atoms with Crippen molar-refractivity contribution >= 4 is 23.8 Å². The molecule has 0 radical (unpaired) electrons. The summed E-state index contributed by atoms with van der Waals surface area (Å²) in [6.45, 7) is 1.66. The van der Waals surface area contributed by atoms with Crippen molar-refractivity contribution in [2.45, 2.75) is 6.92 Å². The highest BCUT2D eigenvalue weighted by molar-refractivity contribution is 6.09. The second-order valence-electron chi connectivity index (χ2n) is 6.23. The van der Waals surface area contributed by atoms with E-state index >= 15 is 0 Å². The molecular formula is C22H16FN3O5. The first-order valence-electron chi connectivity index (χ1n) is 8.92. The number of halogens is 1. The SMILES string of the molecule is COc1cc(/C=C(/C#N)C(=O)Nc2cc(C)on2)ccc1OC(=O)c1ccccc1F. The number of aryl methyl sites for hydroxylation is 1. The number of hydrogen-bond donors (Lipinski definition) is 1. The number of rotatable bonds is 6. The van der Waals surface area contributed by atoms with Gasteiger partial charge in [0.25, 0.3) is 5.91 Å². The van der Waals surface area contributed by atoms with Gasteiger partial charge in [0.1, 0.15) is 23.2 Å². The van der Waals surface area contributed by atoms with E-state index in [-0.39, 0.29) is 28.5 Å². The molecule has 8 nitrogen and oxygen atoms in total. The Hall–Kier alpha value is -4.45. The number of benzene rings is 2. The fraction of sp³-hybridized carbons (Fsp3) is 0.0909. The maximum Gasteiger partial charge on any atom is 0.346 e. The van der Waals surface area contributed by atoms with Gasteiger partial charge < -0.3 is 19.3 Å². The van der Waals surface area contributed by atoms with Gasteiger partial charge in [-0.1, -0.05) is 23.4 Å². The first kappa shape index (κ1) is 21.3. The van der Waals surface area contributed by atoms with Crippen LogP contribution in [0.5, 0.6) is 11.5 Å². The van der Waals surface area contributed by atoms with Gasteiger partial charge in [0.2, 0.25) is 0 Å². The number of hydrogen-bond acceptors (Lipinski definition) is 7. The van der Waals surface area contributed by atoms with Crippen LogP contribution in [0.3, 0.4) is 0 Å². The molecule has 0 aliphatic carbocycles. The second kappa shape index (κ2) is 9.37. The predicted molar refractivity (Wildman–Crippen MR) is 108 cm³/mol. The minimum atomic E-state index is -0.889. The van der Waals surface area contributed by atoms with Gasteiger partial charge in [-0.3, -0.25) is 4.79 Å². The summed E-state index contributed by atoms with van der Waals surface area (Å²) >= 11 is 0. The Morgan fingerprint density at radius 2 is 1.97 bits per heavy atom. The Labute approximate surface area is 176 Å². The first-order chi connectivity index (χ1) is 14.9. The number of carbonyl (C=O) groups excluding carboxylic acids is 2. The molecule has 0 bridgehead atoms. The third-order valence-corrected chi connectivity index (χ3v) is 4.03. The van der Waals surface area contributed by atoms with E-state index in [2.05, 4.69) is 10.5 Å². The summed E-state index contributed by atoms with van der Waals surface area (Å²) < 4.78 is 29.1. The van der Waals surface area contributed by atoms with E-state index in [0.29, 0.717) is 11.3 Å². The molecule has 3 rings (SSSR count). The zero-order chi connectivity index (χ0) is 22.4. The van der Waals surface area contributed by atoms with E-state index in [1.54, 1.807) is 6.92 Å². The van der Waals surface area contributed by atoms with Crippen molar-refractivity contribution in [2.24, 2.45) is 0 Å². The van der Waals surface area contributed by atoms with Crippen molar-refractivity contribution in [1.82, 2.24) is 5.16 Å². The third kappa shape index (κ3) is 5.13. The van der Waals surface area contributed by atoms with E-state index in [9.17, 15) is 19.2 Å². The van der Waals surface area contributed by atoms with Gasteiger partial charge in [0, 0.05) is 6.07 Å². The van der Waals surface area contributed by atoms with Crippen LogP contribution < -0.4 is 14.8 Å². The molecule has 3 aromatic rings. The molecule has 1 heterocycles. The number of esters is 1. The summed E-state index contributed by atoms with van der Waals surface area (Å²) in [5.41, 5.74) is 0.0180. The molecule has 0 aliphatic rings. The molecule has 1 aromatic heterocycles. The van der Waals surface area contributed by atoms with Gasteiger partial charge >= 0.3 is 5.97 Å². The first-order valence-corrected chi connectivity index (χ1v) is 8.92. The lowest BCUT2D eigenvalue weighted by molar-refractivity contribution is -0.112. The lowest BCUT2D eigenvalue weighted by Crippen LogP contribution is -2.13. The van der Waals surface area contributed by atoms with Crippen molar-refractivity contribution in [2.75, 3.05) is 12.4 Å². The molecule has 0 unspecified atom stereocenters. The fourth-order valence-electron chi connectivity index (χ4n) is 2.56. The number of ether oxygens (including phenoxy) is 2. The number of anilines is 1. The standard InChI is InChI=1S/C22H16FN3O5/c1-13-9-20(26-31-13)25-21(27)15(12-24)10-14-7-8-18(19(11-14)29-2)30-22(28)16-5-3-4-6-17(16)23/h3-11H,1-2H3,(H,25,26,27)/b15-10-. The molecule has 0 saturated carbocycles. The van der Waals surface area contributed by atoms with Crippen LogP contribution in [-0.4, -0.2) is 24.1 Å². The molecule has 31 heavy (non-hydrogen) atoms. The normalized spacial score (nSPS) is 10.8. The predicted octanol–water partition coefficient (Wildman–Crippen LogP) is 3.90. The number of nitriles is 1. The monoisotopic (exact) mass is 421 g/mol. The molecule has 0 spiro atoms. The summed E-state index contributed by atoms with van der Waals surface area (Å²) in [7, 11) is 1.36. The lowest BCUT2D eigenvalue weighted by Gasteiger charge is -2.10. The van der Waals surface area contributed by atoms with E-state index in [0.717, 1.165) is 6.07 Å². The molecule has 1 amide bonds. The van der Waals surface area contributed by atoms with Crippen LogP contribution >= 0.6 is 0 Å². The number of carbonyl (C=O) groups is 2. The smallest absolute Gasteiger partial charge is 0.346 e. The zero-order valence-corrected chi connectivity index (χ0v) is 16.5. The highest BCUT2D eigenvalue weighted by Crippen LogP contribution is 2.30. The molecule has 1 N–H and O–H groups in total. The lowest BCUT2D eigenvalue weighted by atomic mass is 10.1. The molecule has 2 aromatic carbocycles. The zero-order valence-electron chi connectivity index (χ0n) is 16.5. The summed E-state index contributed by atoms with van der Waals surface area (Å²) in [5, 5.41) is 15.4. The van der Waals surface area contributed by atoms with Crippen LogP contribution in [0.25, 0.3) is 6.08 Å². The van der Waals surface area contributed by atoms with Crippen LogP contribution in [-0.2, 0) is 4.79 Å². The maximum absolute atomic E-state index is 13.8. The van der Waals surface area contributed by atoms with Gasteiger partial charge in [0.15, 0.2) is 17.3 Å². The third-order valence-electron chi connectivity index (χ3n) is 4.03. The second-order valence-corrected chi connectivity index (χ2v) is 6.23. The number of amides is 1. The minimum absolute atomic E-state index is 0.0499. The van der Waals surface area contributed by atoms with Gasteiger partial charge in [0.05, 0.1) is 12.7 Å². The van der Waals surface area contributed by atoms with E-state index in [4.69, 9.17) is 14.0 Å². The van der Waals surface area contributed by atoms with E-state index in [1.165, 1.54) is 55.7 Å². The molecule has 0 atom stereocenters. The highest BCUT2D eigenvalue weighted by atomic mass is 19.1. The Bertz CT molecular complexity index is 1210. The molecular weight excluding hydrogens is 405 g/mol. The molecule has 9 heteroatoms. The summed E-state index contributed by atoms with van der Waals surface area (Å²) in [4.78, 5) is 24.5. The van der Waals surface area contributed by atoms with Crippen molar-refractivity contribution in [1.29, 1.82) is 5.26 Å².